The van der Waals surface area contributed by atoms with Crippen molar-refractivity contribution in [2.24, 2.45) is 4.99 Å². The van der Waals surface area contributed by atoms with E-state index in [2.05, 4.69) is 15.6 Å². The number of benzene rings is 2. The monoisotopic (exact) mass is 400 g/mol. The number of guanidine groups is 1. The Labute approximate surface area is 171 Å². The van der Waals surface area contributed by atoms with Gasteiger partial charge in [0.05, 0.1) is 7.11 Å². The lowest BCUT2D eigenvalue weighted by Crippen LogP contribution is -2.40. The van der Waals surface area contributed by atoms with E-state index in [0.29, 0.717) is 19.0 Å². The number of halogens is 1. The van der Waals surface area contributed by atoms with Gasteiger partial charge in [-0.15, -0.1) is 0 Å². The normalized spacial score (nSPS) is 11.1. The zero-order chi connectivity index (χ0) is 21.1. The number of hydrogen-bond donors (Lipinski definition) is 2. The van der Waals surface area contributed by atoms with Gasteiger partial charge in [-0.05, 0) is 48.2 Å². The average Bonchev–Trinajstić information content (AvgIpc) is 2.73. The largest absolute Gasteiger partial charge is 0.497 e. The van der Waals surface area contributed by atoms with Crippen molar-refractivity contribution in [2.45, 2.75) is 12.8 Å². The fourth-order valence-corrected chi connectivity index (χ4v) is 2.56. The van der Waals surface area contributed by atoms with Crippen LogP contribution in [0, 0.1) is 5.82 Å². The van der Waals surface area contributed by atoms with E-state index in [1.54, 1.807) is 33.3 Å². The zero-order valence-electron chi connectivity index (χ0n) is 17.2. The molecule has 2 N–H and O–H groups in total. The van der Waals surface area contributed by atoms with Gasteiger partial charge in [0, 0.05) is 27.2 Å². The van der Waals surface area contributed by atoms with Crippen molar-refractivity contribution in [3.63, 3.8) is 0 Å². The number of amides is 1. The van der Waals surface area contributed by atoms with Crippen molar-refractivity contribution in [2.75, 3.05) is 40.8 Å². The highest BCUT2D eigenvalue weighted by Gasteiger charge is 2.05. The van der Waals surface area contributed by atoms with E-state index in [1.807, 2.05) is 24.3 Å². The molecule has 0 radical (unpaired) electrons. The molecule has 2 aromatic carbocycles. The van der Waals surface area contributed by atoms with Crippen molar-refractivity contribution in [3.8, 4) is 5.75 Å². The number of carbonyl (C=O) groups excluding carboxylic acids is 1. The van der Waals surface area contributed by atoms with E-state index in [1.165, 1.54) is 22.6 Å². The Balaban J connectivity index is 1.87. The van der Waals surface area contributed by atoms with Gasteiger partial charge < -0.3 is 20.3 Å². The average molecular weight is 400 g/mol. The maximum atomic E-state index is 13.0. The highest BCUT2D eigenvalue weighted by Crippen LogP contribution is 2.11. The lowest BCUT2D eigenvalue weighted by Gasteiger charge is -2.14. The molecule has 0 heterocycles. The number of nitrogens with one attached hydrogen (secondary N) is 2. The quantitative estimate of drug-likeness (QED) is 0.501. The van der Waals surface area contributed by atoms with Crippen LogP contribution in [0.25, 0.3) is 0 Å². The molecule has 0 aliphatic heterocycles. The van der Waals surface area contributed by atoms with Crippen molar-refractivity contribution in [1.82, 2.24) is 15.5 Å². The van der Waals surface area contributed by atoms with Gasteiger partial charge in [0.1, 0.15) is 18.1 Å². The Bertz CT molecular complexity index is 789. The third kappa shape index (κ3) is 8.21. The Kier molecular flexibility index (Phi) is 8.95. The molecular formula is C22H29FN4O2. The standard InChI is InChI=1S/C22H29FN4O2/c1-27(2)21(28)16-26-22(24-14-12-17-4-8-19(23)9-5-17)25-15-13-18-6-10-20(29-3)11-7-18/h4-11H,12-16H2,1-3H3,(H2,24,25,26). The van der Waals surface area contributed by atoms with E-state index in [4.69, 9.17) is 4.74 Å². The Morgan fingerprint density at radius 1 is 0.966 bits per heavy atom. The summed E-state index contributed by atoms with van der Waals surface area (Å²) >= 11 is 0. The number of carbonyl (C=O) groups is 1. The maximum absolute atomic E-state index is 13.0. The summed E-state index contributed by atoms with van der Waals surface area (Å²) in [7, 11) is 5.05. The van der Waals surface area contributed by atoms with Gasteiger partial charge in [-0.2, -0.15) is 0 Å². The fraction of sp³-hybridized carbons (Fsp3) is 0.364. The smallest absolute Gasteiger partial charge is 0.243 e. The van der Waals surface area contributed by atoms with E-state index in [-0.39, 0.29) is 18.3 Å². The number of likely N-dealkylation sites (N-methyl/N-ethyl adjacent to an activating group) is 1. The molecular weight excluding hydrogens is 371 g/mol. The fourth-order valence-electron chi connectivity index (χ4n) is 2.56. The first kappa shape index (κ1) is 22.2. The number of hydrogen-bond acceptors (Lipinski definition) is 3. The van der Waals surface area contributed by atoms with Gasteiger partial charge in [-0.3, -0.25) is 4.79 Å². The summed E-state index contributed by atoms with van der Waals surface area (Å²) in [6, 6.07) is 14.3. The first-order valence-electron chi connectivity index (χ1n) is 9.57. The van der Waals surface area contributed by atoms with E-state index >= 15 is 0 Å². The van der Waals surface area contributed by atoms with Crippen LogP contribution in [-0.2, 0) is 17.6 Å². The number of nitrogens with zero attached hydrogens (tertiary/aromatic N) is 2. The minimum absolute atomic E-state index is 0.0696. The topological polar surface area (TPSA) is 66.0 Å². The van der Waals surface area contributed by atoms with Crippen LogP contribution >= 0.6 is 0 Å². The summed E-state index contributed by atoms with van der Waals surface area (Å²) in [6.07, 6.45) is 1.53. The second-order valence-electron chi connectivity index (χ2n) is 6.78. The molecule has 0 aliphatic carbocycles. The lowest BCUT2D eigenvalue weighted by molar-refractivity contribution is -0.127. The highest BCUT2D eigenvalue weighted by atomic mass is 19.1. The third-order valence-electron chi connectivity index (χ3n) is 4.36. The van der Waals surface area contributed by atoms with Crippen LogP contribution in [0.4, 0.5) is 4.39 Å². The van der Waals surface area contributed by atoms with Crippen LogP contribution in [0.2, 0.25) is 0 Å². The molecule has 0 fully saturated rings. The maximum Gasteiger partial charge on any atom is 0.243 e. The summed E-state index contributed by atoms with van der Waals surface area (Å²) in [5.41, 5.74) is 2.20. The van der Waals surface area contributed by atoms with Crippen molar-refractivity contribution >= 4 is 11.9 Å². The summed E-state index contributed by atoms with van der Waals surface area (Å²) in [5.74, 6) is 1.09. The number of rotatable bonds is 9. The van der Waals surface area contributed by atoms with Crippen LogP contribution in [0.1, 0.15) is 11.1 Å². The second kappa shape index (κ2) is 11.7. The Hall–Kier alpha value is -3.09. The van der Waals surface area contributed by atoms with Gasteiger partial charge in [0.15, 0.2) is 5.96 Å². The van der Waals surface area contributed by atoms with Crippen LogP contribution < -0.4 is 15.4 Å². The van der Waals surface area contributed by atoms with Crippen LogP contribution in [0.15, 0.2) is 53.5 Å². The van der Waals surface area contributed by atoms with Crippen molar-refractivity contribution in [3.05, 3.63) is 65.5 Å². The minimum atomic E-state index is -0.244. The van der Waals surface area contributed by atoms with Gasteiger partial charge in [-0.1, -0.05) is 24.3 Å². The summed E-state index contributed by atoms with van der Waals surface area (Å²) in [4.78, 5) is 17.7. The molecule has 0 saturated heterocycles. The molecule has 0 aliphatic rings. The number of methoxy groups -OCH3 is 1. The number of ether oxygens (including phenoxy) is 1. The zero-order valence-corrected chi connectivity index (χ0v) is 17.2. The molecule has 0 aromatic heterocycles. The van der Waals surface area contributed by atoms with Crippen LogP contribution in [-0.4, -0.2) is 57.6 Å². The van der Waals surface area contributed by atoms with E-state index in [9.17, 15) is 9.18 Å². The summed E-state index contributed by atoms with van der Waals surface area (Å²) in [6.45, 7) is 1.36. The van der Waals surface area contributed by atoms with Crippen LogP contribution in [0.5, 0.6) is 5.75 Å². The molecule has 1 amide bonds. The van der Waals surface area contributed by atoms with Gasteiger partial charge in [0.2, 0.25) is 5.91 Å². The minimum Gasteiger partial charge on any atom is -0.497 e. The summed E-state index contributed by atoms with van der Waals surface area (Å²) < 4.78 is 18.2. The molecule has 7 heteroatoms. The predicted molar refractivity (Wildman–Crippen MR) is 114 cm³/mol. The molecule has 0 bridgehead atoms. The van der Waals surface area contributed by atoms with E-state index in [0.717, 1.165) is 24.2 Å². The van der Waals surface area contributed by atoms with Gasteiger partial charge in [-0.25, -0.2) is 9.38 Å². The first-order valence-corrected chi connectivity index (χ1v) is 9.57. The lowest BCUT2D eigenvalue weighted by atomic mass is 10.1. The van der Waals surface area contributed by atoms with Gasteiger partial charge in [0.25, 0.3) is 0 Å². The Morgan fingerprint density at radius 2 is 1.48 bits per heavy atom. The first-order chi connectivity index (χ1) is 14.0. The second-order valence-corrected chi connectivity index (χ2v) is 6.78. The van der Waals surface area contributed by atoms with Gasteiger partial charge >= 0.3 is 0 Å². The van der Waals surface area contributed by atoms with Crippen molar-refractivity contribution in [1.29, 1.82) is 0 Å². The highest BCUT2D eigenvalue weighted by molar-refractivity contribution is 5.84. The molecule has 0 spiro atoms. The molecule has 0 unspecified atom stereocenters. The van der Waals surface area contributed by atoms with E-state index < -0.39 is 0 Å². The molecule has 0 saturated carbocycles. The predicted octanol–water partition coefficient (Wildman–Crippen LogP) is 2.24. The third-order valence-corrected chi connectivity index (χ3v) is 4.36. The number of aliphatic imine (C=N–C) groups is 1. The molecule has 2 rings (SSSR count). The van der Waals surface area contributed by atoms with Crippen LogP contribution in [0.3, 0.4) is 0 Å². The van der Waals surface area contributed by atoms with Crippen molar-refractivity contribution < 1.29 is 13.9 Å². The summed E-state index contributed by atoms with van der Waals surface area (Å²) in [5, 5.41) is 6.50. The molecule has 0 atom stereocenters. The molecule has 6 nitrogen and oxygen atoms in total. The molecule has 29 heavy (non-hydrogen) atoms. The SMILES string of the molecule is COc1ccc(CCNC(=NCC(=O)N(C)C)NCCc2ccc(F)cc2)cc1. The Morgan fingerprint density at radius 3 is 1.97 bits per heavy atom. The molecule has 2 aromatic rings. The molecule has 156 valence electrons.